The highest BCUT2D eigenvalue weighted by Gasteiger charge is 2.16. The van der Waals surface area contributed by atoms with Crippen molar-refractivity contribution in [2.75, 3.05) is 0 Å². The molecule has 0 aliphatic carbocycles. The van der Waals surface area contributed by atoms with E-state index in [1.165, 1.54) is 12.1 Å². The molecule has 0 atom stereocenters. The maximum atomic E-state index is 10.4. The molecule has 0 amide bonds. The second kappa shape index (κ2) is 3.60. The molecule has 1 aromatic rings. The van der Waals surface area contributed by atoms with Gasteiger partial charge in [0.25, 0.3) is 5.69 Å². The SMILES string of the molecule is O=[N+]([O-])c1ccc(Cl)c(Cl)c1Br. The molecule has 0 heterocycles. The molecule has 3 nitrogen and oxygen atoms in total. The Morgan fingerprint density at radius 3 is 2.50 bits per heavy atom. The molecular formula is C6H2BrCl2NO2. The summed E-state index contributed by atoms with van der Waals surface area (Å²) in [7, 11) is 0. The van der Waals surface area contributed by atoms with Crippen LogP contribution in [0.4, 0.5) is 5.69 Å². The molecule has 64 valence electrons. The molecule has 1 aromatic carbocycles. The van der Waals surface area contributed by atoms with Crippen LogP contribution in [0.25, 0.3) is 0 Å². The van der Waals surface area contributed by atoms with Gasteiger partial charge in [0.1, 0.15) is 4.47 Å². The molecule has 0 aliphatic rings. The number of nitro benzene ring substituents is 1. The normalized spacial score (nSPS) is 9.92. The van der Waals surface area contributed by atoms with Gasteiger partial charge in [-0.05, 0) is 22.0 Å². The minimum absolute atomic E-state index is 0.0931. The summed E-state index contributed by atoms with van der Waals surface area (Å²) in [5, 5.41) is 10.8. The van der Waals surface area contributed by atoms with E-state index in [-0.39, 0.29) is 20.2 Å². The number of nitro groups is 1. The fourth-order valence-corrected chi connectivity index (χ4v) is 1.58. The number of hydrogen-bond acceptors (Lipinski definition) is 2. The van der Waals surface area contributed by atoms with Gasteiger partial charge in [-0.3, -0.25) is 10.1 Å². The van der Waals surface area contributed by atoms with E-state index in [4.69, 9.17) is 23.2 Å². The van der Waals surface area contributed by atoms with E-state index in [0.717, 1.165) is 0 Å². The van der Waals surface area contributed by atoms with E-state index >= 15 is 0 Å². The minimum atomic E-state index is -0.535. The van der Waals surface area contributed by atoms with E-state index in [0.29, 0.717) is 0 Å². The Hall–Kier alpha value is -0.320. The van der Waals surface area contributed by atoms with Crippen LogP contribution < -0.4 is 0 Å². The van der Waals surface area contributed by atoms with Gasteiger partial charge in [0.15, 0.2) is 0 Å². The maximum absolute atomic E-state index is 10.4. The van der Waals surface area contributed by atoms with Crippen molar-refractivity contribution in [1.29, 1.82) is 0 Å². The average Bonchev–Trinajstić information content (AvgIpc) is 2.00. The summed E-state index contributed by atoms with van der Waals surface area (Å²) in [4.78, 5) is 9.82. The highest BCUT2D eigenvalue weighted by molar-refractivity contribution is 9.10. The summed E-state index contributed by atoms with van der Waals surface area (Å²) in [5.74, 6) is 0. The zero-order valence-electron chi connectivity index (χ0n) is 5.55. The van der Waals surface area contributed by atoms with Gasteiger partial charge in [-0.25, -0.2) is 0 Å². The molecule has 0 saturated heterocycles. The molecule has 12 heavy (non-hydrogen) atoms. The van der Waals surface area contributed by atoms with Crippen molar-refractivity contribution in [2.24, 2.45) is 0 Å². The van der Waals surface area contributed by atoms with E-state index < -0.39 is 4.92 Å². The Labute approximate surface area is 86.6 Å². The van der Waals surface area contributed by atoms with Crippen LogP contribution in [-0.2, 0) is 0 Å². The number of nitrogens with zero attached hydrogens (tertiary/aromatic N) is 1. The van der Waals surface area contributed by atoms with E-state index in [1.807, 2.05) is 0 Å². The fraction of sp³-hybridized carbons (Fsp3) is 0. The van der Waals surface area contributed by atoms with Gasteiger partial charge in [0.05, 0.1) is 15.0 Å². The first-order valence-electron chi connectivity index (χ1n) is 2.82. The lowest BCUT2D eigenvalue weighted by molar-refractivity contribution is -0.385. The van der Waals surface area contributed by atoms with Gasteiger partial charge in [0.2, 0.25) is 0 Å². The molecule has 0 fully saturated rings. The first kappa shape index (κ1) is 9.77. The first-order valence-corrected chi connectivity index (χ1v) is 4.37. The molecule has 0 N–H and O–H groups in total. The van der Waals surface area contributed by atoms with Crippen molar-refractivity contribution in [3.05, 3.63) is 36.8 Å². The van der Waals surface area contributed by atoms with Crippen molar-refractivity contribution in [3.8, 4) is 0 Å². The van der Waals surface area contributed by atoms with Crippen LogP contribution in [0, 0.1) is 10.1 Å². The molecule has 0 aromatic heterocycles. The molecule has 1 rings (SSSR count). The van der Waals surface area contributed by atoms with Crippen LogP contribution in [0.15, 0.2) is 16.6 Å². The Kier molecular flexibility index (Phi) is 2.93. The number of benzene rings is 1. The van der Waals surface area contributed by atoms with Gasteiger partial charge in [-0.1, -0.05) is 23.2 Å². The second-order valence-electron chi connectivity index (χ2n) is 1.95. The summed E-state index contributed by atoms with van der Waals surface area (Å²) in [6.07, 6.45) is 0. The molecule has 6 heteroatoms. The van der Waals surface area contributed by atoms with E-state index in [1.54, 1.807) is 0 Å². The van der Waals surface area contributed by atoms with Crippen molar-refractivity contribution >= 4 is 44.8 Å². The summed E-state index contributed by atoms with van der Waals surface area (Å²) >= 11 is 14.2. The lowest BCUT2D eigenvalue weighted by atomic mass is 10.3. The Morgan fingerprint density at radius 2 is 2.00 bits per heavy atom. The summed E-state index contributed by atoms with van der Waals surface area (Å²) in [6, 6.07) is 2.67. The van der Waals surface area contributed by atoms with Crippen molar-refractivity contribution in [2.45, 2.75) is 0 Å². The van der Waals surface area contributed by atoms with E-state index in [2.05, 4.69) is 15.9 Å². The van der Waals surface area contributed by atoms with Crippen LogP contribution in [0.3, 0.4) is 0 Å². The Morgan fingerprint density at radius 1 is 1.42 bits per heavy atom. The largest absolute Gasteiger partial charge is 0.285 e. The van der Waals surface area contributed by atoms with Crippen molar-refractivity contribution in [1.82, 2.24) is 0 Å². The maximum Gasteiger partial charge on any atom is 0.285 e. The molecule has 0 spiro atoms. The highest BCUT2D eigenvalue weighted by atomic mass is 79.9. The Balaban J connectivity index is 3.36. The molecule has 0 unspecified atom stereocenters. The lowest BCUT2D eigenvalue weighted by Gasteiger charge is -1.98. The first-order chi connectivity index (χ1) is 5.54. The molecular weight excluding hydrogens is 269 g/mol. The number of hydrogen-bond donors (Lipinski definition) is 0. The summed E-state index contributed by atoms with van der Waals surface area (Å²) in [5.41, 5.74) is -0.0931. The van der Waals surface area contributed by atoms with Gasteiger partial charge >= 0.3 is 0 Å². The van der Waals surface area contributed by atoms with Crippen LogP contribution in [0.2, 0.25) is 10.0 Å². The standard InChI is InChI=1S/C6H2BrCl2NO2/c7-5-4(10(11)12)2-1-3(8)6(5)9/h1-2H. The second-order valence-corrected chi connectivity index (χ2v) is 3.53. The fourth-order valence-electron chi connectivity index (χ4n) is 0.657. The van der Waals surface area contributed by atoms with Crippen LogP contribution in [0.1, 0.15) is 0 Å². The molecule has 0 saturated carbocycles. The minimum Gasteiger partial charge on any atom is -0.258 e. The monoisotopic (exact) mass is 269 g/mol. The van der Waals surface area contributed by atoms with Gasteiger partial charge in [-0.2, -0.15) is 0 Å². The molecule has 0 radical (unpaired) electrons. The third-order valence-corrected chi connectivity index (χ3v) is 3.05. The lowest BCUT2D eigenvalue weighted by Crippen LogP contribution is -1.89. The number of halogens is 3. The third-order valence-electron chi connectivity index (χ3n) is 1.21. The predicted molar refractivity (Wildman–Crippen MR) is 50.8 cm³/mol. The van der Waals surface area contributed by atoms with Crippen LogP contribution in [0.5, 0.6) is 0 Å². The zero-order chi connectivity index (χ0) is 9.30. The van der Waals surface area contributed by atoms with Gasteiger partial charge in [0, 0.05) is 6.07 Å². The van der Waals surface area contributed by atoms with Crippen molar-refractivity contribution < 1.29 is 4.92 Å². The predicted octanol–water partition coefficient (Wildman–Crippen LogP) is 3.66. The van der Waals surface area contributed by atoms with Gasteiger partial charge in [-0.15, -0.1) is 0 Å². The number of rotatable bonds is 1. The zero-order valence-corrected chi connectivity index (χ0v) is 8.65. The molecule has 0 aliphatic heterocycles. The van der Waals surface area contributed by atoms with Crippen molar-refractivity contribution in [3.63, 3.8) is 0 Å². The summed E-state index contributed by atoms with van der Waals surface area (Å²) < 4.78 is 0.210. The smallest absolute Gasteiger partial charge is 0.258 e. The topological polar surface area (TPSA) is 43.1 Å². The third kappa shape index (κ3) is 1.71. The van der Waals surface area contributed by atoms with Crippen LogP contribution in [-0.4, -0.2) is 4.92 Å². The van der Waals surface area contributed by atoms with Gasteiger partial charge < -0.3 is 0 Å². The van der Waals surface area contributed by atoms with Crippen LogP contribution >= 0.6 is 39.1 Å². The molecule has 0 bridgehead atoms. The summed E-state index contributed by atoms with van der Waals surface area (Å²) in [6.45, 7) is 0. The van der Waals surface area contributed by atoms with E-state index in [9.17, 15) is 10.1 Å². The quantitative estimate of drug-likeness (QED) is 0.444. The Bertz CT molecular complexity index is 343. The highest BCUT2D eigenvalue weighted by Crippen LogP contribution is 2.36. The average molecular weight is 271 g/mol.